The molecule has 4 aromatic heterocycles. The summed E-state index contributed by atoms with van der Waals surface area (Å²) >= 11 is 6.12. The van der Waals surface area contributed by atoms with E-state index >= 15 is 0 Å². The predicted molar refractivity (Wildman–Crippen MR) is 147 cm³/mol. The zero-order valence-corrected chi connectivity index (χ0v) is 21.8. The Labute approximate surface area is 223 Å². The molecule has 5 rings (SSSR count). The van der Waals surface area contributed by atoms with Gasteiger partial charge in [-0.3, -0.25) is 19.3 Å². The third-order valence-corrected chi connectivity index (χ3v) is 6.23. The molecule has 1 amide bonds. The van der Waals surface area contributed by atoms with Gasteiger partial charge in [0.1, 0.15) is 12.4 Å². The minimum Gasteiger partial charge on any atom is -0.365 e. The molecule has 0 radical (unpaired) electrons. The summed E-state index contributed by atoms with van der Waals surface area (Å²) < 4.78 is 3.11. The number of hydrogen-bond donors (Lipinski definition) is 1. The number of likely N-dealkylation sites (N-methyl/N-ethyl adjacent to an activating group) is 1. The molecular formula is C27H25ClN8O2. The maximum atomic E-state index is 12.1. The number of nitrogens with zero attached hydrogens (tertiary/aromatic N) is 7. The number of carbonyl (C=O) groups excluding carboxylic acids is 1. The smallest absolute Gasteiger partial charge is 0.250 e. The van der Waals surface area contributed by atoms with Crippen LogP contribution >= 0.6 is 11.6 Å². The fourth-order valence-electron chi connectivity index (χ4n) is 3.92. The van der Waals surface area contributed by atoms with Crippen LogP contribution in [-0.4, -0.2) is 54.2 Å². The van der Waals surface area contributed by atoms with Crippen LogP contribution in [0, 0.1) is 0 Å². The Morgan fingerprint density at radius 1 is 1.00 bits per heavy atom. The van der Waals surface area contributed by atoms with Gasteiger partial charge in [0, 0.05) is 63.9 Å². The number of halogens is 1. The van der Waals surface area contributed by atoms with Gasteiger partial charge in [0.25, 0.3) is 0 Å². The molecule has 0 spiro atoms. The van der Waals surface area contributed by atoms with Gasteiger partial charge in [0.05, 0.1) is 22.3 Å². The summed E-state index contributed by atoms with van der Waals surface area (Å²) in [6.07, 6.45) is 8.53. The molecule has 0 saturated heterocycles. The van der Waals surface area contributed by atoms with Gasteiger partial charge in [0.2, 0.25) is 11.5 Å². The van der Waals surface area contributed by atoms with Crippen molar-refractivity contribution in [2.45, 2.75) is 13.1 Å². The fraction of sp³-hybridized carbons (Fsp3) is 0.185. The molecule has 38 heavy (non-hydrogen) atoms. The van der Waals surface area contributed by atoms with E-state index in [4.69, 9.17) is 21.6 Å². The lowest BCUT2D eigenvalue weighted by Gasteiger charge is -2.12. The number of benzene rings is 1. The van der Waals surface area contributed by atoms with Crippen molar-refractivity contribution in [2.24, 2.45) is 7.05 Å². The summed E-state index contributed by atoms with van der Waals surface area (Å²) in [6.45, 7) is 0.566. The first-order chi connectivity index (χ1) is 18.3. The van der Waals surface area contributed by atoms with Gasteiger partial charge in [-0.25, -0.2) is 9.97 Å². The van der Waals surface area contributed by atoms with Crippen LogP contribution in [0.2, 0.25) is 5.02 Å². The van der Waals surface area contributed by atoms with Crippen LogP contribution in [0.4, 0.5) is 5.82 Å². The maximum Gasteiger partial charge on any atom is 0.250 e. The first-order valence-corrected chi connectivity index (χ1v) is 12.2. The normalized spacial score (nSPS) is 11.1. The Hall–Kier alpha value is -4.57. The minimum atomic E-state index is -0.0761. The van der Waals surface area contributed by atoms with E-state index in [1.54, 1.807) is 73.5 Å². The molecule has 4 heterocycles. The molecule has 0 fully saturated rings. The summed E-state index contributed by atoms with van der Waals surface area (Å²) in [7, 11) is 5.13. The molecule has 192 valence electrons. The van der Waals surface area contributed by atoms with Crippen molar-refractivity contribution in [3.63, 3.8) is 0 Å². The zero-order valence-electron chi connectivity index (χ0n) is 21.1. The van der Waals surface area contributed by atoms with E-state index in [0.717, 1.165) is 27.6 Å². The summed E-state index contributed by atoms with van der Waals surface area (Å²) in [4.78, 5) is 39.3. The first kappa shape index (κ1) is 25.1. The second-order valence-corrected chi connectivity index (χ2v) is 9.51. The molecular weight excluding hydrogens is 504 g/mol. The van der Waals surface area contributed by atoms with Crippen molar-refractivity contribution >= 4 is 34.2 Å². The molecule has 0 atom stereocenters. The van der Waals surface area contributed by atoms with Gasteiger partial charge < -0.3 is 14.8 Å². The third-order valence-electron chi connectivity index (χ3n) is 6.02. The highest BCUT2D eigenvalue weighted by Crippen LogP contribution is 2.30. The number of aryl methyl sites for hydroxylation is 1. The number of rotatable bonds is 7. The van der Waals surface area contributed by atoms with Crippen molar-refractivity contribution < 1.29 is 4.79 Å². The zero-order chi connectivity index (χ0) is 26.8. The van der Waals surface area contributed by atoms with Crippen LogP contribution in [-0.2, 0) is 24.9 Å². The summed E-state index contributed by atoms with van der Waals surface area (Å²) in [5.74, 6) is 1.03. The molecule has 10 nitrogen and oxygen atoms in total. The van der Waals surface area contributed by atoms with Crippen LogP contribution in [0.25, 0.3) is 33.4 Å². The molecule has 0 unspecified atom stereocenters. The van der Waals surface area contributed by atoms with Crippen LogP contribution in [0.15, 0.2) is 72.2 Å². The van der Waals surface area contributed by atoms with Gasteiger partial charge >= 0.3 is 0 Å². The maximum absolute atomic E-state index is 12.1. The monoisotopic (exact) mass is 528 g/mol. The molecule has 11 heteroatoms. The summed E-state index contributed by atoms with van der Waals surface area (Å²) in [6, 6.07) is 11.1. The molecule has 1 N–H and O–H groups in total. The molecule has 0 saturated carbocycles. The molecule has 0 aliphatic heterocycles. The van der Waals surface area contributed by atoms with Crippen molar-refractivity contribution in [3.8, 4) is 22.5 Å². The first-order valence-electron chi connectivity index (χ1n) is 11.8. The van der Waals surface area contributed by atoms with E-state index in [-0.39, 0.29) is 18.0 Å². The van der Waals surface area contributed by atoms with Gasteiger partial charge in [-0.2, -0.15) is 5.10 Å². The number of anilines is 1. The lowest BCUT2D eigenvalue weighted by molar-refractivity contribution is -0.129. The van der Waals surface area contributed by atoms with Crippen molar-refractivity contribution in [1.82, 2.24) is 34.2 Å². The molecule has 1 aromatic carbocycles. The molecule has 0 aliphatic carbocycles. The quantitative estimate of drug-likeness (QED) is 0.343. The second kappa shape index (κ2) is 10.4. The molecule has 0 bridgehead atoms. The molecule has 0 aliphatic rings. The molecule has 5 aromatic rings. The Morgan fingerprint density at radius 2 is 1.82 bits per heavy atom. The van der Waals surface area contributed by atoms with Gasteiger partial charge in [-0.15, -0.1) is 0 Å². The van der Waals surface area contributed by atoms with Crippen LogP contribution in [0.1, 0.15) is 5.56 Å². The lowest BCUT2D eigenvalue weighted by atomic mass is 10.0. The number of aromatic nitrogens is 6. The highest BCUT2D eigenvalue weighted by Gasteiger charge is 2.14. The SMILES string of the molecule is CN(C)C(=O)Cn1cc(-c2nc(NCc3cncc(Cl)c3)c3cc(-c4ccc(=O)n(C)c4)ccc3n2)cn1. The minimum absolute atomic E-state index is 0.0671. The Bertz CT molecular complexity index is 1710. The average Bonchev–Trinajstić information content (AvgIpc) is 3.37. The summed E-state index contributed by atoms with van der Waals surface area (Å²) in [5.41, 5.74) is 4.06. The average molecular weight is 529 g/mol. The second-order valence-electron chi connectivity index (χ2n) is 9.07. The van der Waals surface area contributed by atoms with Crippen molar-refractivity contribution in [1.29, 1.82) is 0 Å². The van der Waals surface area contributed by atoms with E-state index < -0.39 is 0 Å². The van der Waals surface area contributed by atoms with E-state index in [2.05, 4.69) is 15.4 Å². The van der Waals surface area contributed by atoms with E-state index in [0.29, 0.717) is 28.8 Å². The Morgan fingerprint density at radius 3 is 2.58 bits per heavy atom. The van der Waals surface area contributed by atoms with E-state index in [9.17, 15) is 9.59 Å². The summed E-state index contributed by atoms with van der Waals surface area (Å²) in [5, 5.41) is 9.08. The number of fused-ring (bicyclic) bond motifs is 1. The number of carbonyl (C=O) groups is 1. The van der Waals surface area contributed by atoms with Gasteiger partial charge in [0.15, 0.2) is 5.82 Å². The number of pyridine rings is 2. The van der Waals surface area contributed by atoms with Crippen molar-refractivity contribution in [3.05, 3.63) is 88.3 Å². The van der Waals surface area contributed by atoms with E-state index in [1.165, 1.54) is 4.90 Å². The van der Waals surface area contributed by atoms with Crippen LogP contribution < -0.4 is 10.9 Å². The highest BCUT2D eigenvalue weighted by molar-refractivity contribution is 6.30. The van der Waals surface area contributed by atoms with Crippen LogP contribution in [0.5, 0.6) is 0 Å². The predicted octanol–water partition coefficient (Wildman–Crippen LogP) is 3.61. The standard InChI is InChI=1S/C27H25ClN8O2/c1-34(2)25(38)16-36-15-20(12-31-36)26-32-23-6-4-18(19-5-7-24(37)35(3)14-19)9-22(23)27(33-26)30-11-17-8-21(28)13-29-10-17/h4-10,12-15H,11,16H2,1-3H3,(H,30,32,33). The Balaban J connectivity index is 1.56. The number of nitrogens with one attached hydrogen (secondary N) is 1. The fourth-order valence-corrected chi connectivity index (χ4v) is 4.12. The highest BCUT2D eigenvalue weighted by atomic mass is 35.5. The topological polar surface area (TPSA) is 111 Å². The van der Waals surface area contributed by atoms with Crippen molar-refractivity contribution in [2.75, 3.05) is 19.4 Å². The number of hydrogen-bond acceptors (Lipinski definition) is 7. The lowest BCUT2D eigenvalue weighted by Crippen LogP contribution is -2.26. The number of amides is 1. The van der Waals surface area contributed by atoms with Gasteiger partial charge in [-0.1, -0.05) is 17.7 Å². The van der Waals surface area contributed by atoms with Gasteiger partial charge in [-0.05, 0) is 41.0 Å². The Kier molecular flexibility index (Phi) is 6.89. The van der Waals surface area contributed by atoms with Crippen LogP contribution in [0.3, 0.4) is 0 Å². The largest absolute Gasteiger partial charge is 0.365 e. The van der Waals surface area contributed by atoms with E-state index in [1.807, 2.05) is 24.3 Å². The third kappa shape index (κ3) is 5.40.